The molecule has 1 heterocycles. The van der Waals surface area contributed by atoms with Gasteiger partial charge in [0.15, 0.2) is 11.6 Å². The van der Waals surface area contributed by atoms with E-state index in [1.54, 1.807) is 6.92 Å². The van der Waals surface area contributed by atoms with E-state index in [0.717, 1.165) is 0 Å². The first kappa shape index (κ1) is 13.5. The predicted molar refractivity (Wildman–Crippen MR) is 70.1 cm³/mol. The number of pyridine rings is 1. The summed E-state index contributed by atoms with van der Waals surface area (Å²) in [5.74, 6) is -1.63. The zero-order valence-electron chi connectivity index (χ0n) is 9.85. The molecule has 0 atom stereocenters. The van der Waals surface area contributed by atoms with Gasteiger partial charge in [-0.15, -0.1) is 0 Å². The number of carbonyl (C=O) groups is 1. The highest BCUT2D eigenvalue weighted by Crippen LogP contribution is 2.27. The Morgan fingerprint density at radius 3 is 2.79 bits per heavy atom. The number of carboxylic acids is 1. The summed E-state index contributed by atoms with van der Waals surface area (Å²) in [6.45, 7) is 1.64. The Bertz CT molecular complexity index is 646. The largest absolute Gasteiger partial charge is 0.478 e. The third-order valence-corrected chi connectivity index (χ3v) is 2.78. The zero-order valence-corrected chi connectivity index (χ0v) is 11.4. The highest BCUT2D eigenvalue weighted by Gasteiger charge is 2.10. The molecule has 0 aliphatic heterocycles. The van der Waals surface area contributed by atoms with Crippen LogP contribution in [0.15, 0.2) is 34.8 Å². The first-order chi connectivity index (χ1) is 8.95. The summed E-state index contributed by atoms with van der Waals surface area (Å²) in [7, 11) is 0. The monoisotopic (exact) mass is 325 g/mol. The average Bonchev–Trinajstić information content (AvgIpc) is 2.33. The molecule has 0 fully saturated rings. The second kappa shape index (κ2) is 5.36. The Labute approximate surface area is 117 Å². The number of hydrogen-bond acceptors (Lipinski definition) is 3. The van der Waals surface area contributed by atoms with E-state index in [4.69, 9.17) is 9.84 Å². The van der Waals surface area contributed by atoms with E-state index >= 15 is 0 Å². The van der Waals surface area contributed by atoms with Gasteiger partial charge in [0.05, 0.1) is 5.56 Å². The van der Waals surface area contributed by atoms with Crippen LogP contribution in [0.25, 0.3) is 0 Å². The molecular weight excluding hydrogens is 317 g/mol. The maximum absolute atomic E-state index is 13.5. The quantitative estimate of drug-likeness (QED) is 0.932. The van der Waals surface area contributed by atoms with Gasteiger partial charge in [0, 0.05) is 16.2 Å². The van der Waals surface area contributed by atoms with Crippen molar-refractivity contribution in [3.8, 4) is 11.6 Å². The van der Waals surface area contributed by atoms with Crippen molar-refractivity contribution in [2.75, 3.05) is 0 Å². The lowest BCUT2D eigenvalue weighted by Crippen LogP contribution is -2.00. The molecule has 1 aromatic carbocycles. The van der Waals surface area contributed by atoms with Crippen LogP contribution in [-0.2, 0) is 0 Å². The third-order valence-electron chi connectivity index (χ3n) is 2.28. The van der Waals surface area contributed by atoms with Crippen LogP contribution in [0, 0.1) is 12.7 Å². The Balaban J connectivity index is 2.38. The molecule has 1 N–H and O–H groups in total. The number of aryl methyl sites for hydroxylation is 1. The Kier molecular flexibility index (Phi) is 3.80. The van der Waals surface area contributed by atoms with Crippen LogP contribution in [0.4, 0.5) is 4.39 Å². The molecule has 6 heteroatoms. The van der Waals surface area contributed by atoms with Crippen molar-refractivity contribution in [1.82, 2.24) is 4.98 Å². The molecule has 98 valence electrons. The molecule has 0 unspecified atom stereocenters. The minimum Gasteiger partial charge on any atom is -0.478 e. The summed E-state index contributed by atoms with van der Waals surface area (Å²) in [5, 5.41) is 8.93. The summed E-state index contributed by atoms with van der Waals surface area (Å²) in [4.78, 5) is 14.9. The molecule has 4 nitrogen and oxygen atoms in total. The fourth-order valence-corrected chi connectivity index (χ4v) is 1.82. The Hall–Kier alpha value is -1.95. The van der Waals surface area contributed by atoms with Crippen molar-refractivity contribution >= 4 is 21.9 Å². The van der Waals surface area contributed by atoms with Gasteiger partial charge in [-0.3, -0.25) is 0 Å². The molecule has 0 spiro atoms. The van der Waals surface area contributed by atoms with Crippen molar-refractivity contribution in [2.24, 2.45) is 0 Å². The number of nitrogens with zero attached hydrogens (tertiary/aromatic N) is 1. The number of rotatable bonds is 3. The van der Waals surface area contributed by atoms with Gasteiger partial charge in [0.25, 0.3) is 0 Å². The Morgan fingerprint density at radius 2 is 2.11 bits per heavy atom. The summed E-state index contributed by atoms with van der Waals surface area (Å²) < 4.78 is 19.5. The van der Waals surface area contributed by atoms with Crippen LogP contribution in [-0.4, -0.2) is 16.1 Å². The topological polar surface area (TPSA) is 59.4 Å². The molecule has 0 bridgehead atoms. The second-order valence-electron chi connectivity index (χ2n) is 3.82. The molecule has 19 heavy (non-hydrogen) atoms. The fourth-order valence-electron chi connectivity index (χ4n) is 1.48. The van der Waals surface area contributed by atoms with Crippen molar-refractivity contribution in [3.05, 3.63) is 51.9 Å². The molecule has 0 saturated carbocycles. The summed E-state index contributed by atoms with van der Waals surface area (Å²) in [5.41, 5.74) is 0.517. The number of benzene rings is 1. The minimum absolute atomic E-state index is 0.0242. The molecule has 0 aliphatic rings. The summed E-state index contributed by atoms with van der Waals surface area (Å²) in [6.07, 6.45) is 0. The van der Waals surface area contributed by atoms with Gasteiger partial charge in [0.2, 0.25) is 5.88 Å². The predicted octanol–water partition coefficient (Wildman–Crippen LogP) is 3.78. The van der Waals surface area contributed by atoms with Crippen molar-refractivity contribution < 1.29 is 19.0 Å². The van der Waals surface area contributed by atoms with E-state index in [1.807, 2.05) is 0 Å². The van der Waals surface area contributed by atoms with E-state index < -0.39 is 11.8 Å². The van der Waals surface area contributed by atoms with Crippen molar-refractivity contribution in [3.63, 3.8) is 0 Å². The van der Waals surface area contributed by atoms with E-state index in [1.165, 1.54) is 30.3 Å². The van der Waals surface area contributed by atoms with Gasteiger partial charge >= 0.3 is 5.97 Å². The molecule has 0 radical (unpaired) electrons. The molecule has 0 aliphatic carbocycles. The van der Waals surface area contributed by atoms with E-state index in [2.05, 4.69) is 20.9 Å². The maximum Gasteiger partial charge on any atom is 0.335 e. The Morgan fingerprint density at radius 1 is 1.37 bits per heavy atom. The molecule has 2 aromatic rings. The van der Waals surface area contributed by atoms with Gasteiger partial charge < -0.3 is 9.84 Å². The number of carboxylic acid groups (broad SMARTS) is 1. The summed E-state index contributed by atoms with van der Waals surface area (Å²) in [6, 6.07) is 6.88. The van der Waals surface area contributed by atoms with Crippen LogP contribution in [0.1, 0.15) is 16.1 Å². The van der Waals surface area contributed by atoms with Crippen LogP contribution >= 0.6 is 15.9 Å². The lowest BCUT2D eigenvalue weighted by molar-refractivity contribution is 0.0696. The first-order valence-corrected chi connectivity index (χ1v) is 6.10. The second-order valence-corrected chi connectivity index (χ2v) is 4.73. The van der Waals surface area contributed by atoms with Gasteiger partial charge in [-0.25, -0.2) is 14.2 Å². The highest BCUT2D eigenvalue weighted by atomic mass is 79.9. The standard InChI is InChI=1S/C13H9BrFNO3/c1-7-4-8(13(17)18)5-12(16-7)19-11-6-9(14)2-3-10(11)15/h2-6H,1H3,(H,17,18). The van der Waals surface area contributed by atoms with Crippen LogP contribution in [0.3, 0.4) is 0 Å². The van der Waals surface area contributed by atoms with Gasteiger partial charge in [0.1, 0.15) is 0 Å². The van der Waals surface area contributed by atoms with Gasteiger partial charge in [-0.1, -0.05) is 15.9 Å². The molecule has 0 saturated heterocycles. The number of hydrogen-bond donors (Lipinski definition) is 1. The van der Waals surface area contributed by atoms with E-state index in [9.17, 15) is 9.18 Å². The van der Waals surface area contributed by atoms with Gasteiger partial charge in [-0.05, 0) is 31.2 Å². The van der Waals surface area contributed by atoms with Crippen molar-refractivity contribution in [2.45, 2.75) is 6.92 Å². The van der Waals surface area contributed by atoms with Crippen LogP contribution in [0.5, 0.6) is 11.6 Å². The molecule has 2 rings (SSSR count). The normalized spacial score (nSPS) is 10.3. The lowest BCUT2D eigenvalue weighted by atomic mass is 10.2. The first-order valence-electron chi connectivity index (χ1n) is 5.30. The molecule has 0 amide bonds. The van der Waals surface area contributed by atoms with E-state index in [0.29, 0.717) is 10.2 Å². The average molecular weight is 326 g/mol. The van der Waals surface area contributed by atoms with Crippen molar-refractivity contribution in [1.29, 1.82) is 0 Å². The molecule has 1 aromatic heterocycles. The minimum atomic E-state index is -1.09. The molecular formula is C13H9BrFNO3. The third kappa shape index (κ3) is 3.29. The number of aromatic carboxylic acids is 1. The number of halogens is 2. The van der Waals surface area contributed by atoms with Crippen LogP contribution in [0.2, 0.25) is 0 Å². The zero-order chi connectivity index (χ0) is 14.0. The van der Waals surface area contributed by atoms with Gasteiger partial charge in [-0.2, -0.15) is 0 Å². The fraction of sp³-hybridized carbons (Fsp3) is 0.0769. The highest BCUT2D eigenvalue weighted by molar-refractivity contribution is 9.10. The summed E-state index contributed by atoms with van der Waals surface area (Å²) >= 11 is 3.20. The smallest absolute Gasteiger partial charge is 0.335 e. The van der Waals surface area contributed by atoms with Crippen LogP contribution < -0.4 is 4.74 Å². The maximum atomic E-state index is 13.5. The van der Waals surface area contributed by atoms with E-state index in [-0.39, 0.29) is 17.2 Å². The SMILES string of the molecule is Cc1cc(C(=O)O)cc(Oc2cc(Br)ccc2F)n1. The number of ether oxygens (including phenoxy) is 1. The lowest BCUT2D eigenvalue weighted by Gasteiger charge is -2.08. The number of aromatic nitrogens is 1.